The zero-order valence-corrected chi connectivity index (χ0v) is 19.7. The van der Waals surface area contributed by atoms with Gasteiger partial charge in [-0.2, -0.15) is 13.2 Å². The summed E-state index contributed by atoms with van der Waals surface area (Å²) < 4.78 is 44.2. The Morgan fingerprint density at radius 1 is 1.03 bits per heavy atom. The number of piperazine rings is 1. The molecule has 1 aliphatic heterocycles. The maximum atomic E-state index is 13.0. The summed E-state index contributed by atoms with van der Waals surface area (Å²) in [6.07, 6.45) is -4.51. The number of H-pyrrole nitrogens is 1. The van der Waals surface area contributed by atoms with E-state index in [1.54, 1.807) is 11.0 Å². The highest BCUT2D eigenvalue weighted by Gasteiger charge is 2.31. The molecule has 1 aromatic heterocycles. The predicted octanol–water partition coefficient (Wildman–Crippen LogP) is 4.63. The summed E-state index contributed by atoms with van der Waals surface area (Å²) in [4.78, 5) is 24.2. The standard InChI is InChI=1S/C26H23F3N4O4/c1-37-22-13-16(12-21(34)23(22)35)24-30-19-6-5-18(14-20(19)31-24)32-7-9-33(10-8-32)25(36)15-3-2-4-17(11-15)26(27,28)29/h2-6,11-14,34-35H,7-10H2,1H3,(H,30,31). The van der Waals surface area contributed by atoms with Crippen LogP contribution < -0.4 is 9.64 Å². The lowest BCUT2D eigenvalue weighted by atomic mass is 10.1. The van der Waals surface area contributed by atoms with Crippen molar-refractivity contribution in [2.24, 2.45) is 0 Å². The molecule has 0 radical (unpaired) electrons. The first-order chi connectivity index (χ1) is 17.6. The number of anilines is 1. The fourth-order valence-corrected chi connectivity index (χ4v) is 4.39. The second-order valence-corrected chi connectivity index (χ2v) is 8.69. The van der Waals surface area contributed by atoms with Crippen LogP contribution in [0.25, 0.3) is 22.4 Å². The number of rotatable bonds is 4. The molecule has 0 bridgehead atoms. The summed E-state index contributed by atoms with van der Waals surface area (Å²) in [5.41, 5.74) is 2.05. The molecule has 11 heteroatoms. The van der Waals surface area contributed by atoms with Gasteiger partial charge in [0.05, 0.1) is 23.7 Å². The van der Waals surface area contributed by atoms with E-state index >= 15 is 0 Å². The molecule has 3 aromatic carbocycles. The van der Waals surface area contributed by atoms with Gasteiger partial charge in [0.2, 0.25) is 5.75 Å². The first-order valence-electron chi connectivity index (χ1n) is 11.5. The zero-order valence-electron chi connectivity index (χ0n) is 19.7. The number of amides is 1. The number of nitrogens with zero attached hydrogens (tertiary/aromatic N) is 3. The van der Waals surface area contributed by atoms with Crippen LogP contribution >= 0.6 is 0 Å². The largest absolute Gasteiger partial charge is 0.504 e. The number of hydrogen-bond acceptors (Lipinski definition) is 6. The molecule has 192 valence electrons. The molecule has 37 heavy (non-hydrogen) atoms. The molecule has 3 N–H and O–H groups in total. The first-order valence-corrected chi connectivity index (χ1v) is 11.5. The molecule has 0 atom stereocenters. The van der Waals surface area contributed by atoms with Crippen molar-refractivity contribution in [3.8, 4) is 28.6 Å². The molecule has 2 heterocycles. The quantitative estimate of drug-likeness (QED) is 0.345. The normalized spacial score (nSPS) is 14.3. The van der Waals surface area contributed by atoms with Gasteiger partial charge in [-0.3, -0.25) is 4.79 Å². The topological polar surface area (TPSA) is 102 Å². The number of alkyl halides is 3. The molecular formula is C26H23F3N4O4. The van der Waals surface area contributed by atoms with Crippen LogP contribution in [0.4, 0.5) is 18.9 Å². The van der Waals surface area contributed by atoms with E-state index in [9.17, 15) is 28.2 Å². The van der Waals surface area contributed by atoms with Gasteiger partial charge < -0.3 is 29.7 Å². The Balaban J connectivity index is 1.31. The fraction of sp³-hybridized carbons (Fsp3) is 0.231. The van der Waals surface area contributed by atoms with Gasteiger partial charge in [0, 0.05) is 43.0 Å². The maximum absolute atomic E-state index is 13.0. The third-order valence-corrected chi connectivity index (χ3v) is 6.38. The number of hydrogen-bond donors (Lipinski definition) is 3. The van der Waals surface area contributed by atoms with E-state index in [0.717, 1.165) is 23.3 Å². The second kappa shape index (κ2) is 9.23. The van der Waals surface area contributed by atoms with E-state index in [1.807, 2.05) is 18.2 Å². The summed E-state index contributed by atoms with van der Waals surface area (Å²) in [5, 5.41) is 19.9. The van der Waals surface area contributed by atoms with Crippen LogP contribution in [0.3, 0.4) is 0 Å². The number of ether oxygens (including phenoxy) is 1. The summed E-state index contributed by atoms with van der Waals surface area (Å²) in [5.74, 6) is -0.500. The highest BCUT2D eigenvalue weighted by atomic mass is 19.4. The Labute approximate surface area is 209 Å². The first kappa shape index (κ1) is 24.3. The number of carbonyl (C=O) groups is 1. The maximum Gasteiger partial charge on any atom is 0.416 e. The van der Waals surface area contributed by atoms with Crippen molar-refractivity contribution >= 4 is 22.6 Å². The van der Waals surface area contributed by atoms with Crippen LogP contribution in [-0.4, -0.2) is 64.3 Å². The van der Waals surface area contributed by atoms with Crippen LogP contribution in [-0.2, 0) is 6.18 Å². The van der Waals surface area contributed by atoms with E-state index in [1.165, 1.54) is 25.3 Å². The van der Waals surface area contributed by atoms with E-state index in [2.05, 4.69) is 14.9 Å². The lowest BCUT2D eigenvalue weighted by Gasteiger charge is -2.36. The molecule has 1 saturated heterocycles. The number of aromatic hydroxyl groups is 2. The lowest BCUT2D eigenvalue weighted by Crippen LogP contribution is -2.48. The van der Waals surface area contributed by atoms with Gasteiger partial charge in [-0.05, 0) is 48.5 Å². The number of fused-ring (bicyclic) bond motifs is 1. The third-order valence-electron chi connectivity index (χ3n) is 6.38. The van der Waals surface area contributed by atoms with Gasteiger partial charge in [0.25, 0.3) is 5.91 Å². The summed E-state index contributed by atoms with van der Waals surface area (Å²) in [6.45, 7) is 1.75. The third kappa shape index (κ3) is 4.72. The monoisotopic (exact) mass is 512 g/mol. The van der Waals surface area contributed by atoms with Gasteiger partial charge in [-0.25, -0.2) is 4.98 Å². The average molecular weight is 512 g/mol. The Bertz CT molecular complexity index is 1480. The fourth-order valence-electron chi connectivity index (χ4n) is 4.39. The highest BCUT2D eigenvalue weighted by Crippen LogP contribution is 2.39. The SMILES string of the molecule is COc1cc(-c2nc3cc(N4CCN(C(=O)c5cccc(C(F)(F)F)c5)CC4)ccc3[nH]2)cc(O)c1O. The minimum atomic E-state index is -4.51. The molecular weight excluding hydrogens is 489 g/mol. The number of nitrogens with one attached hydrogen (secondary N) is 1. The predicted molar refractivity (Wildman–Crippen MR) is 131 cm³/mol. The van der Waals surface area contributed by atoms with Gasteiger partial charge in [0.1, 0.15) is 5.82 Å². The molecule has 1 amide bonds. The number of imidazole rings is 1. The lowest BCUT2D eigenvalue weighted by molar-refractivity contribution is -0.137. The minimum absolute atomic E-state index is 0.0191. The number of carbonyl (C=O) groups excluding carboxylic acids is 1. The van der Waals surface area contributed by atoms with E-state index in [-0.39, 0.29) is 22.8 Å². The molecule has 5 rings (SSSR count). The van der Waals surface area contributed by atoms with Crippen molar-refractivity contribution in [1.82, 2.24) is 14.9 Å². The average Bonchev–Trinajstić information content (AvgIpc) is 3.33. The summed E-state index contributed by atoms with van der Waals surface area (Å²) in [6, 6.07) is 13.1. The van der Waals surface area contributed by atoms with Crippen molar-refractivity contribution < 1.29 is 32.9 Å². The Hall–Kier alpha value is -4.41. The number of halogens is 3. The zero-order chi connectivity index (χ0) is 26.3. The molecule has 0 unspecified atom stereocenters. The Morgan fingerprint density at radius 3 is 2.49 bits per heavy atom. The Morgan fingerprint density at radius 2 is 1.78 bits per heavy atom. The molecule has 0 spiro atoms. The van der Waals surface area contributed by atoms with Gasteiger partial charge in [0.15, 0.2) is 11.5 Å². The van der Waals surface area contributed by atoms with Crippen LogP contribution in [0.1, 0.15) is 15.9 Å². The number of aromatic amines is 1. The number of methoxy groups -OCH3 is 1. The minimum Gasteiger partial charge on any atom is -0.504 e. The number of benzene rings is 3. The molecule has 0 saturated carbocycles. The summed E-state index contributed by atoms with van der Waals surface area (Å²) >= 11 is 0. The molecule has 1 aliphatic rings. The van der Waals surface area contributed by atoms with Gasteiger partial charge >= 0.3 is 6.18 Å². The van der Waals surface area contributed by atoms with Crippen molar-refractivity contribution in [3.05, 3.63) is 65.7 Å². The van der Waals surface area contributed by atoms with E-state index in [0.29, 0.717) is 43.1 Å². The second-order valence-electron chi connectivity index (χ2n) is 8.69. The van der Waals surface area contributed by atoms with Crippen LogP contribution in [0, 0.1) is 0 Å². The number of phenolic OH excluding ortho intramolecular Hbond substituents is 2. The van der Waals surface area contributed by atoms with Gasteiger partial charge in [-0.15, -0.1) is 0 Å². The number of aromatic nitrogens is 2. The molecule has 4 aromatic rings. The Kier molecular flexibility index (Phi) is 6.06. The molecule has 1 fully saturated rings. The van der Waals surface area contributed by atoms with Crippen LogP contribution in [0.5, 0.6) is 17.2 Å². The highest BCUT2D eigenvalue weighted by molar-refractivity contribution is 5.94. The van der Waals surface area contributed by atoms with Gasteiger partial charge in [-0.1, -0.05) is 6.07 Å². The van der Waals surface area contributed by atoms with Crippen LogP contribution in [0.2, 0.25) is 0 Å². The molecule has 8 nitrogen and oxygen atoms in total. The van der Waals surface area contributed by atoms with Crippen molar-refractivity contribution in [3.63, 3.8) is 0 Å². The number of phenols is 2. The molecule has 0 aliphatic carbocycles. The van der Waals surface area contributed by atoms with E-state index in [4.69, 9.17) is 4.74 Å². The van der Waals surface area contributed by atoms with E-state index < -0.39 is 17.6 Å². The van der Waals surface area contributed by atoms with Crippen molar-refractivity contribution in [2.45, 2.75) is 6.18 Å². The van der Waals surface area contributed by atoms with Crippen molar-refractivity contribution in [2.75, 3.05) is 38.2 Å². The summed E-state index contributed by atoms with van der Waals surface area (Å²) in [7, 11) is 1.39. The van der Waals surface area contributed by atoms with Crippen LogP contribution in [0.15, 0.2) is 54.6 Å². The van der Waals surface area contributed by atoms with Crippen molar-refractivity contribution in [1.29, 1.82) is 0 Å². The smallest absolute Gasteiger partial charge is 0.416 e.